The number of fused-ring (bicyclic) bond motifs is 2. The zero-order valence-electron chi connectivity index (χ0n) is 11.8. The molecule has 0 aromatic heterocycles. The summed E-state index contributed by atoms with van der Waals surface area (Å²) in [5.74, 6) is -0.372. The molecule has 0 spiro atoms. The highest BCUT2D eigenvalue weighted by molar-refractivity contribution is 5.75. The Kier molecular flexibility index (Phi) is 3.23. The summed E-state index contributed by atoms with van der Waals surface area (Å²) in [6.07, 6.45) is 0.824. The van der Waals surface area contributed by atoms with Gasteiger partial charge in [0.15, 0.2) is 0 Å². The molecule has 0 atom stereocenters. The third kappa shape index (κ3) is 2.00. The molecule has 0 amide bonds. The van der Waals surface area contributed by atoms with Crippen LogP contribution in [-0.2, 0) is 21.4 Å². The van der Waals surface area contributed by atoms with Crippen molar-refractivity contribution < 1.29 is 9.53 Å². The van der Waals surface area contributed by atoms with Crippen molar-refractivity contribution in [3.63, 3.8) is 0 Å². The van der Waals surface area contributed by atoms with Gasteiger partial charge in [-0.3, -0.25) is 4.79 Å². The van der Waals surface area contributed by atoms with Crippen LogP contribution < -0.4 is 0 Å². The van der Waals surface area contributed by atoms with Gasteiger partial charge >= 0.3 is 5.97 Å². The average Bonchev–Trinajstić information content (AvgIpc) is 2.54. The minimum atomic E-state index is -0.960. The van der Waals surface area contributed by atoms with E-state index in [1.54, 1.807) is 0 Å². The molecule has 0 aliphatic heterocycles. The van der Waals surface area contributed by atoms with E-state index in [4.69, 9.17) is 4.74 Å². The lowest BCUT2D eigenvalue weighted by molar-refractivity contribution is -0.141. The molecule has 0 radical (unpaired) electrons. The molecule has 0 N–H and O–H groups in total. The number of carbonyl (C=O) groups is 1. The molecule has 1 aliphatic rings. The number of rotatable bonds is 2. The largest absolute Gasteiger partial charge is 0.469 e. The molecular formula is C18H15NO2. The molecule has 3 rings (SSSR count). The van der Waals surface area contributed by atoms with Gasteiger partial charge in [-0.25, -0.2) is 0 Å². The minimum absolute atomic E-state index is 0.0357. The number of esters is 1. The van der Waals surface area contributed by atoms with Gasteiger partial charge in [0, 0.05) is 0 Å². The van der Waals surface area contributed by atoms with Crippen LogP contribution in [-0.4, -0.2) is 13.1 Å². The Morgan fingerprint density at radius 1 is 1.14 bits per heavy atom. The Balaban J connectivity index is 2.27. The van der Waals surface area contributed by atoms with E-state index in [9.17, 15) is 10.1 Å². The predicted molar refractivity (Wildman–Crippen MR) is 78.7 cm³/mol. The van der Waals surface area contributed by atoms with E-state index in [-0.39, 0.29) is 12.4 Å². The molecular weight excluding hydrogens is 262 g/mol. The van der Waals surface area contributed by atoms with Crippen molar-refractivity contribution in [2.75, 3.05) is 7.11 Å². The summed E-state index contributed by atoms with van der Waals surface area (Å²) in [7, 11) is 1.36. The summed E-state index contributed by atoms with van der Waals surface area (Å²) in [5.41, 5.74) is 3.06. The molecule has 3 nitrogen and oxygen atoms in total. The fraction of sp³-hybridized carbons (Fsp3) is 0.222. The predicted octanol–water partition coefficient (Wildman–Crippen LogP) is 2.96. The van der Waals surface area contributed by atoms with Crippen LogP contribution in [0.4, 0.5) is 0 Å². The molecule has 104 valence electrons. The van der Waals surface area contributed by atoms with Crippen molar-refractivity contribution in [1.82, 2.24) is 0 Å². The second-order valence-corrected chi connectivity index (χ2v) is 5.26. The van der Waals surface area contributed by atoms with E-state index in [2.05, 4.69) is 6.07 Å². The highest BCUT2D eigenvalue weighted by Gasteiger charge is 2.42. The summed E-state index contributed by atoms with van der Waals surface area (Å²) in [6.45, 7) is 0. The first-order valence-electron chi connectivity index (χ1n) is 6.86. The van der Waals surface area contributed by atoms with Crippen molar-refractivity contribution in [3.8, 4) is 6.07 Å². The molecule has 0 fully saturated rings. The van der Waals surface area contributed by atoms with Gasteiger partial charge in [0.05, 0.1) is 19.6 Å². The first-order chi connectivity index (χ1) is 10.2. The Morgan fingerprint density at radius 3 is 2.14 bits per heavy atom. The normalized spacial score (nSPS) is 14.5. The quantitative estimate of drug-likeness (QED) is 0.793. The standard InChI is InChI=1S/C18H15NO2/c1-21-17(20)11-18(12-19)15-8-4-2-6-13(15)10-14-7-3-5-9-16(14)18/h2-9H,10-11H2,1H3. The van der Waals surface area contributed by atoms with E-state index in [0.29, 0.717) is 0 Å². The fourth-order valence-corrected chi connectivity index (χ4v) is 3.17. The molecule has 0 unspecified atom stereocenters. The van der Waals surface area contributed by atoms with Crippen molar-refractivity contribution >= 4 is 5.97 Å². The van der Waals surface area contributed by atoms with Gasteiger partial charge in [-0.2, -0.15) is 5.26 Å². The number of hydrogen-bond donors (Lipinski definition) is 0. The maximum atomic E-state index is 11.9. The monoisotopic (exact) mass is 277 g/mol. The second-order valence-electron chi connectivity index (χ2n) is 5.26. The van der Waals surface area contributed by atoms with Crippen LogP contribution in [0.1, 0.15) is 28.7 Å². The maximum absolute atomic E-state index is 11.9. The smallest absolute Gasteiger partial charge is 0.307 e. The zero-order chi connectivity index (χ0) is 14.9. The molecule has 0 heterocycles. The van der Waals surface area contributed by atoms with Gasteiger partial charge in [0.1, 0.15) is 5.41 Å². The molecule has 0 saturated carbocycles. The maximum Gasteiger partial charge on any atom is 0.307 e. The third-order valence-corrected chi connectivity index (χ3v) is 4.16. The van der Waals surface area contributed by atoms with Crippen molar-refractivity contribution in [2.45, 2.75) is 18.3 Å². The Morgan fingerprint density at radius 2 is 1.67 bits per heavy atom. The lowest BCUT2D eigenvalue weighted by Crippen LogP contribution is -2.34. The zero-order valence-corrected chi connectivity index (χ0v) is 11.8. The Hall–Kier alpha value is -2.60. The second kappa shape index (κ2) is 5.06. The first kappa shape index (κ1) is 13.4. The van der Waals surface area contributed by atoms with Gasteiger partial charge in [0.25, 0.3) is 0 Å². The topological polar surface area (TPSA) is 50.1 Å². The molecule has 2 aromatic rings. The summed E-state index contributed by atoms with van der Waals surface area (Å²) in [6, 6.07) is 18.1. The number of ether oxygens (including phenoxy) is 1. The SMILES string of the molecule is COC(=O)CC1(C#N)c2ccccc2Cc2ccccc21. The number of methoxy groups -OCH3 is 1. The number of benzene rings is 2. The summed E-state index contributed by atoms with van der Waals surface area (Å²) in [4.78, 5) is 11.9. The van der Waals surface area contributed by atoms with Crippen LogP contribution in [0.2, 0.25) is 0 Å². The fourth-order valence-electron chi connectivity index (χ4n) is 3.17. The average molecular weight is 277 g/mol. The van der Waals surface area contributed by atoms with Crippen molar-refractivity contribution in [3.05, 3.63) is 70.8 Å². The van der Waals surface area contributed by atoms with Gasteiger partial charge in [-0.05, 0) is 28.7 Å². The van der Waals surface area contributed by atoms with Gasteiger partial charge in [-0.15, -0.1) is 0 Å². The summed E-state index contributed by atoms with van der Waals surface area (Å²) in [5, 5.41) is 9.92. The van der Waals surface area contributed by atoms with Crippen molar-refractivity contribution in [1.29, 1.82) is 5.26 Å². The van der Waals surface area contributed by atoms with Crippen LogP contribution in [0, 0.1) is 11.3 Å². The highest BCUT2D eigenvalue weighted by Crippen LogP contribution is 2.43. The molecule has 0 bridgehead atoms. The van der Waals surface area contributed by atoms with Gasteiger partial charge in [-0.1, -0.05) is 48.5 Å². The number of nitrogens with zero attached hydrogens (tertiary/aromatic N) is 1. The van der Waals surface area contributed by atoms with Crippen LogP contribution in [0.3, 0.4) is 0 Å². The van der Waals surface area contributed by atoms with E-state index in [0.717, 1.165) is 28.7 Å². The lowest BCUT2D eigenvalue weighted by Gasteiger charge is -2.34. The Labute approximate surface area is 123 Å². The highest BCUT2D eigenvalue weighted by atomic mass is 16.5. The van der Waals surface area contributed by atoms with E-state index < -0.39 is 5.41 Å². The van der Waals surface area contributed by atoms with E-state index >= 15 is 0 Å². The molecule has 1 aliphatic carbocycles. The van der Waals surface area contributed by atoms with Crippen LogP contribution in [0.15, 0.2) is 48.5 Å². The van der Waals surface area contributed by atoms with Crippen molar-refractivity contribution in [2.24, 2.45) is 0 Å². The third-order valence-electron chi connectivity index (χ3n) is 4.16. The van der Waals surface area contributed by atoms with E-state index in [1.807, 2.05) is 48.5 Å². The van der Waals surface area contributed by atoms with E-state index in [1.165, 1.54) is 7.11 Å². The lowest BCUT2D eigenvalue weighted by atomic mass is 9.65. The van der Waals surface area contributed by atoms with Crippen LogP contribution >= 0.6 is 0 Å². The summed E-state index contributed by atoms with van der Waals surface area (Å²) >= 11 is 0. The number of nitriles is 1. The summed E-state index contributed by atoms with van der Waals surface area (Å²) < 4.78 is 4.82. The van der Waals surface area contributed by atoms with Crippen LogP contribution in [0.5, 0.6) is 0 Å². The molecule has 3 heteroatoms. The molecule has 0 saturated heterocycles. The first-order valence-corrected chi connectivity index (χ1v) is 6.86. The molecule has 21 heavy (non-hydrogen) atoms. The number of hydrogen-bond acceptors (Lipinski definition) is 3. The molecule has 2 aromatic carbocycles. The number of carbonyl (C=O) groups excluding carboxylic acids is 1. The minimum Gasteiger partial charge on any atom is -0.469 e. The Bertz CT molecular complexity index is 697. The van der Waals surface area contributed by atoms with Gasteiger partial charge in [0.2, 0.25) is 0 Å². The van der Waals surface area contributed by atoms with Gasteiger partial charge < -0.3 is 4.74 Å². The van der Waals surface area contributed by atoms with Crippen LogP contribution in [0.25, 0.3) is 0 Å².